The molecule has 3 rings (SSSR count). The molecule has 1 aliphatic rings. The average Bonchev–Trinajstić information content (AvgIpc) is 2.85. The molecule has 0 saturated carbocycles. The highest BCUT2D eigenvalue weighted by Crippen LogP contribution is 2.46. The molecule has 0 N–H and O–H groups in total. The van der Waals surface area contributed by atoms with E-state index in [-0.39, 0.29) is 20.6 Å². The number of nitrogens with zero attached hydrogens (tertiary/aromatic N) is 1. The number of carbonyl (C=O) groups excluding carboxylic acids is 3. The van der Waals surface area contributed by atoms with E-state index in [1.165, 1.54) is 7.11 Å². The van der Waals surface area contributed by atoms with Crippen LogP contribution in [0.4, 0.5) is 0 Å². The smallest absolute Gasteiger partial charge is 0.366 e. The molecule has 0 fully saturated rings. The Balaban J connectivity index is 2.42. The topological polar surface area (TPSA) is 60.4 Å². The molecule has 140 valence electrons. The summed E-state index contributed by atoms with van der Waals surface area (Å²) in [5.41, 5.74) is -0.885. The van der Waals surface area contributed by atoms with Gasteiger partial charge in [-0.1, -0.05) is 54.1 Å². The van der Waals surface area contributed by atoms with Gasteiger partial charge in [0.25, 0.3) is 0 Å². The number of carbonyl (C=O) groups is 3. The Morgan fingerprint density at radius 1 is 1.00 bits per heavy atom. The molecular formula is C21H21ClNO4+. The maximum absolute atomic E-state index is 13.7. The van der Waals surface area contributed by atoms with E-state index in [9.17, 15) is 14.4 Å². The molecule has 2 aromatic carbocycles. The van der Waals surface area contributed by atoms with E-state index in [0.29, 0.717) is 5.56 Å². The molecule has 0 aliphatic heterocycles. The van der Waals surface area contributed by atoms with Gasteiger partial charge in [0.05, 0.1) is 33.3 Å². The SMILES string of the molecule is COC(=O)C(C1(c2ccccc2)C(=O)c2cccc(Cl)c2C1=O)[N+](C)(C)C. The predicted molar refractivity (Wildman–Crippen MR) is 102 cm³/mol. The fourth-order valence-electron chi connectivity index (χ4n) is 4.01. The third kappa shape index (κ3) is 2.69. The number of fused-ring (bicyclic) bond motifs is 1. The van der Waals surface area contributed by atoms with E-state index < -0.39 is 29.0 Å². The largest absolute Gasteiger partial charge is 0.465 e. The summed E-state index contributed by atoms with van der Waals surface area (Å²) in [5, 5.41) is 0.202. The second-order valence-corrected chi connectivity index (χ2v) is 7.94. The summed E-state index contributed by atoms with van der Waals surface area (Å²) < 4.78 is 5.06. The Kier molecular flexibility index (Phi) is 4.70. The van der Waals surface area contributed by atoms with Crippen molar-refractivity contribution in [1.82, 2.24) is 0 Å². The van der Waals surface area contributed by atoms with E-state index in [2.05, 4.69) is 0 Å². The number of hydrogen-bond acceptors (Lipinski definition) is 4. The number of likely N-dealkylation sites (N-methyl/N-ethyl adjacent to an activating group) is 1. The molecule has 6 heteroatoms. The first-order chi connectivity index (χ1) is 12.7. The minimum atomic E-state index is -1.74. The molecule has 2 atom stereocenters. The van der Waals surface area contributed by atoms with Crippen LogP contribution in [0.1, 0.15) is 26.3 Å². The lowest BCUT2D eigenvalue weighted by molar-refractivity contribution is -0.889. The van der Waals surface area contributed by atoms with E-state index >= 15 is 0 Å². The van der Waals surface area contributed by atoms with E-state index in [1.807, 2.05) is 0 Å². The third-order valence-electron chi connectivity index (χ3n) is 5.04. The highest BCUT2D eigenvalue weighted by Gasteiger charge is 2.66. The van der Waals surface area contributed by atoms with Crippen molar-refractivity contribution < 1.29 is 23.6 Å². The molecule has 1 aliphatic carbocycles. The lowest BCUT2D eigenvalue weighted by atomic mass is 9.69. The summed E-state index contributed by atoms with van der Waals surface area (Å²) in [4.78, 5) is 40.3. The quantitative estimate of drug-likeness (QED) is 0.460. The molecule has 0 saturated heterocycles. The summed E-state index contributed by atoms with van der Waals surface area (Å²) in [6.07, 6.45) is 0. The predicted octanol–water partition coefficient (Wildman–Crippen LogP) is 2.90. The molecule has 0 heterocycles. The van der Waals surface area contributed by atoms with Gasteiger partial charge in [0, 0.05) is 11.1 Å². The van der Waals surface area contributed by atoms with Crippen LogP contribution in [0.2, 0.25) is 5.02 Å². The number of hydrogen-bond donors (Lipinski definition) is 0. The first-order valence-corrected chi connectivity index (χ1v) is 8.87. The van der Waals surface area contributed by atoms with Crippen molar-refractivity contribution in [2.75, 3.05) is 28.3 Å². The first kappa shape index (κ1) is 19.3. The number of methoxy groups -OCH3 is 1. The van der Waals surface area contributed by atoms with Gasteiger partial charge in [-0.25, -0.2) is 4.79 Å². The number of ketones is 2. The van der Waals surface area contributed by atoms with E-state index in [1.54, 1.807) is 69.7 Å². The lowest BCUT2D eigenvalue weighted by Crippen LogP contribution is -2.65. The molecule has 2 aromatic rings. The number of esters is 1. The molecule has 0 spiro atoms. The minimum Gasteiger partial charge on any atom is -0.465 e. The van der Waals surface area contributed by atoms with Crippen molar-refractivity contribution in [2.45, 2.75) is 11.5 Å². The zero-order chi connectivity index (χ0) is 20.0. The van der Waals surface area contributed by atoms with Gasteiger partial charge in [-0.05, 0) is 11.6 Å². The molecule has 0 radical (unpaired) electrons. The van der Waals surface area contributed by atoms with Gasteiger partial charge in [-0.3, -0.25) is 9.59 Å². The zero-order valence-electron chi connectivity index (χ0n) is 15.7. The number of ether oxygens (including phenoxy) is 1. The van der Waals surface area contributed by atoms with Crippen LogP contribution >= 0.6 is 11.6 Å². The number of rotatable bonds is 4. The van der Waals surface area contributed by atoms with Crippen LogP contribution in [-0.2, 0) is 14.9 Å². The summed E-state index contributed by atoms with van der Waals surface area (Å²) in [6, 6.07) is 12.4. The summed E-state index contributed by atoms with van der Waals surface area (Å²) in [7, 11) is 6.54. The molecule has 0 bridgehead atoms. The van der Waals surface area contributed by atoms with Gasteiger partial charge in [0.2, 0.25) is 6.04 Å². The van der Waals surface area contributed by atoms with Crippen LogP contribution in [0.3, 0.4) is 0 Å². The molecule has 5 nitrogen and oxygen atoms in total. The number of Topliss-reactive ketones (excluding diaryl/α,β-unsaturated/α-hetero) is 2. The Bertz CT molecular complexity index is 933. The normalized spacial score (nSPS) is 20.3. The fourth-order valence-corrected chi connectivity index (χ4v) is 4.27. The first-order valence-electron chi connectivity index (χ1n) is 8.50. The van der Waals surface area contributed by atoms with Crippen molar-refractivity contribution in [2.24, 2.45) is 0 Å². The third-order valence-corrected chi connectivity index (χ3v) is 5.35. The fraction of sp³-hybridized carbons (Fsp3) is 0.286. The van der Waals surface area contributed by atoms with Crippen molar-refractivity contribution in [3.63, 3.8) is 0 Å². The molecule has 0 amide bonds. The van der Waals surface area contributed by atoms with Crippen molar-refractivity contribution in [3.05, 3.63) is 70.2 Å². The van der Waals surface area contributed by atoms with E-state index in [0.717, 1.165) is 0 Å². The Morgan fingerprint density at radius 2 is 1.63 bits per heavy atom. The maximum atomic E-state index is 13.7. The van der Waals surface area contributed by atoms with Gasteiger partial charge < -0.3 is 9.22 Å². The monoisotopic (exact) mass is 386 g/mol. The molecule has 0 aromatic heterocycles. The van der Waals surface area contributed by atoms with Crippen LogP contribution in [-0.4, -0.2) is 56.3 Å². The van der Waals surface area contributed by atoms with Crippen LogP contribution in [0.25, 0.3) is 0 Å². The van der Waals surface area contributed by atoms with Crippen LogP contribution in [0, 0.1) is 0 Å². The summed E-state index contributed by atoms with van der Waals surface area (Å²) in [5.74, 6) is -1.53. The average molecular weight is 387 g/mol. The van der Waals surface area contributed by atoms with Crippen molar-refractivity contribution in [1.29, 1.82) is 0 Å². The second kappa shape index (κ2) is 6.59. The summed E-state index contributed by atoms with van der Waals surface area (Å²) >= 11 is 6.28. The highest BCUT2D eigenvalue weighted by atomic mass is 35.5. The van der Waals surface area contributed by atoms with Gasteiger partial charge in [0.15, 0.2) is 17.0 Å². The molecular weight excluding hydrogens is 366 g/mol. The van der Waals surface area contributed by atoms with Crippen molar-refractivity contribution in [3.8, 4) is 0 Å². The van der Waals surface area contributed by atoms with Gasteiger partial charge in [-0.15, -0.1) is 0 Å². The van der Waals surface area contributed by atoms with Crippen LogP contribution in [0.5, 0.6) is 0 Å². The van der Waals surface area contributed by atoms with Crippen LogP contribution in [0.15, 0.2) is 48.5 Å². The number of benzene rings is 2. The van der Waals surface area contributed by atoms with Gasteiger partial charge in [0.1, 0.15) is 0 Å². The lowest BCUT2D eigenvalue weighted by Gasteiger charge is -2.41. The maximum Gasteiger partial charge on any atom is 0.366 e. The van der Waals surface area contributed by atoms with Crippen LogP contribution < -0.4 is 0 Å². The Labute approximate surface area is 163 Å². The minimum absolute atomic E-state index is 0.0324. The summed E-state index contributed by atoms with van der Waals surface area (Å²) in [6.45, 7) is 0. The van der Waals surface area contributed by atoms with Crippen molar-refractivity contribution >= 4 is 29.1 Å². The standard InChI is InChI=1S/C21H21ClNO4/c1-23(2,3)17(20(26)27-4)21(13-9-6-5-7-10-13)18(24)14-11-8-12-15(22)16(14)19(21)25/h5-12,17H,1-4H3/q+1. The highest BCUT2D eigenvalue weighted by molar-refractivity contribution is 6.42. The second-order valence-electron chi connectivity index (χ2n) is 7.54. The molecule has 27 heavy (non-hydrogen) atoms. The van der Waals surface area contributed by atoms with Gasteiger partial charge >= 0.3 is 5.97 Å². The molecule has 2 unspecified atom stereocenters. The number of quaternary nitrogens is 1. The number of halogens is 1. The Morgan fingerprint density at radius 3 is 2.15 bits per heavy atom. The Hall–Kier alpha value is -2.50. The zero-order valence-corrected chi connectivity index (χ0v) is 16.4. The van der Waals surface area contributed by atoms with Gasteiger partial charge in [-0.2, -0.15) is 0 Å². The van der Waals surface area contributed by atoms with E-state index in [4.69, 9.17) is 16.3 Å².